The fourth-order valence-electron chi connectivity index (χ4n) is 2.51. The van der Waals surface area contributed by atoms with Crippen LogP contribution in [0.2, 0.25) is 5.02 Å². The molecule has 3 rings (SSSR count). The number of nitro benzene ring substituents is 1. The minimum absolute atomic E-state index is 0.0142. The van der Waals surface area contributed by atoms with E-state index < -0.39 is 4.92 Å². The second kappa shape index (κ2) is 8.85. The first-order chi connectivity index (χ1) is 13.5. The smallest absolute Gasteiger partial charge is 0.270 e. The van der Waals surface area contributed by atoms with Crippen LogP contribution in [0.25, 0.3) is 11.4 Å². The highest BCUT2D eigenvalue weighted by Crippen LogP contribution is 2.26. The van der Waals surface area contributed by atoms with Crippen molar-refractivity contribution < 1.29 is 9.72 Å². The lowest BCUT2D eigenvalue weighted by Gasteiger charge is -2.08. The molecule has 28 heavy (non-hydrogen) atoms. The lowest BCUT2D eigenvalue weighted by Crippen LogP contribution is -2.14. The summed E-state index contributed by atoms with van der Waals surface area (Å²) in [4.78, 5) is 22.7. The molecule has 0 unspecified atom stereocenters. The van der Waals surface area contributed by atoms with Crippen LogP contribution >= 0.6 is 23.4 Å². The van der Waals surface area contributed by atoms with E-state index in [1.807, 2.05) is 11.5 Å². The number of carbonyl (C=O) groups is 1. The fourth-order valence-corrected chi connectivity index (χ4v) is 3.44. The van der Waals surface area contributed by atoms with Crippen molar-refractivity contribution in [2.75, 3.05) is 11.1 Å². The lowest BCUT2D eigenvalue weighted by atomic mass is 10.2. The molecule has 10 heteroatoms. The number of hydrogen-bond donors (Lipinski definition) is 1. The average molecular weight is 418 g/mol. The average Bonchev–Trinajstić information content (AvgIpc) is 3.11. The summed E-state index contributed by atoms with van der Waals surface area (Å²) in [7, 11) is 0. The van der Waals surface area contributed by atoms with Gasteiger partial charge in [-0.2, -0.15) is 0 Å². The number of anilines is 1. The highest BCUT2D eigenvalue weighted by molar-refractivity contribution is 7.99. The zero-order chi connectivity index (χ0) is 20.1. The lowest BCUT2D eigenvalue weighted by molar-refractivity contribution is -0.384. The van der Waals surface area contributed by atoms with Crippen molar-refractivity contribution in [3.05, 3.63) is 63.7 Å². The summed E-state index contributed by atoms with van der Waals surface area (Å²) in [5.74, 6) is 0.483. The van der Waals surface area contributed by atoms with Crippen LogP contribution in [0.3, 0.4) is 0 Å². The summed E-state index contributed by atoms with van der Waals surface area (Å²) in [5, 5.41) is 23.2. The number of halogens is 1. The van der Waals surface area contributed by atoms with Crippen LogP contribution < -0.4 is 5.32 Å². The van der Waals surface area contributed by atoms with Crippen LogP contribution in [-0.2, 0) is 11.3 Å². The maximum atomic E-state index is 12.2. The van der Waals surface area contributed by atoms with Gasteiger partial charge in [0, 0.05) is 35.0 Å². The summed E-state index contributed by atoms with van der Waals surface area (Å²) in [5.41, 5.74) is 1.24. The molecule has 8 nitrogen and oxygen atoms in total. The van der Waals surface area contributed by atoms with Crippen molar-refractivity contribution in [1.29, 1.82) is 0 Å². The number of nitro groups is 1. The van der Waals surface area contributed by atoms with Gasteiger partial charge in [0.15, 0.2) is 11.0 Å². The molecule has 0 aliphatic rings. The van der Waals surface area contributed by atoms with E-state index >= 15 is 0 Å². The Hall–Kier alpha value is -2.91. The van der Waals surface area contributed by atoms with Gasteiger partial charge >= 0.3 is 0 Å². The maximum Gasteiger partial charge on any atom is 0.270 e. The Bertz CT molecular complexity index is 1010. The number of carbonyl (C=O) groups excluding carboxylic acids is 1. The number of benzene rings is 2. The number of nitrogens with zero attached hydrogens (tertiary/aromatic N) is 4. The molecule has 144 valence electrons. The van der Waals surface area contributed by atoms with Crippen molar-refractivity contribution >= 4 is 40.6 Å². The molecule has 0 fully saturated rings. The first-order valence-corrected chi connectivity index (χ1v) is 9.70. The van der Waals surface area contributed by atoms with Crippen molar-refractivity contribution in [3.63, 3.8) is 0 Å². The van der Waals surface area contributed by atoms with Gasteiger partial charge in [-0.25, -0.2) is 0 Å². The van der Waals surface area contributed by atoms with Crippen molar-refractivity contribution in [1.82, 2.24) is 14.8 Å². The van der Waals surface area contributed by atoms with Gasteiger partial charge in [-0.05, 0) is 31.2 Å². The molecule has 0 radical (unpaired) electrons. The second-order valence-corrected chi connectivity index (χ2v) is 7.08. The minimum Gasteiger partial charge on any atom is -0.325 e. The fraction of sp³-hybridized carbons (Fsp3) is 0.167. The third-order valence-electron chi connectivity index (χ3n) is 3.81. The van der Waals surface area contributed by atoms with E-state index in [1.165, 1.54) is 23.9 Å². The van der Waals surface area contributed by atoms with Crippen LogP contribution in [0.1, 0.15) is 6.92 Å². The topological polar surface area (TPSA) is 103 Å². The first kappa shape index (κ1) is 19.8. The van der Waals surface area contributed by atoms with Gasteiger partial charge in [-0.15, -0.1) is 10.2 Å². The molecule has 1 amide bonds. The molecule has 0 spiro atoms. The number of non-ortho nitro benzene ring substituents is 1. The Balaban J connectivity index is 1.71. The number of rotatable bonds is 7. The minimum atomic E-state index is -0.451. The van der Waals surface area contributed by atoms with E-state index in [0.29, 0.717) is 33.8 Å². The molecule has 0 saturated heterocycles. The van der Waals surface area contributed by atoms with E-state index in [1.54, 1.807) is 36.4 Å². The number of thioether (sulfide) groups is 1. The molecule has 0 bridgehead atoms. The standard InChI is InChI=1S/C18H16ClN5O3S/c1-2-23-17(12-4-3-5-15(10-12)24(26)27)21-22-18(23)28-11-16(25)20-14-8-6-13(19)7-9-14/h3-10H,2,11H2,1H3,(H,20,25). The quantitative estimate of drug-likeness (QED) is 0.350. The van der Waals surface area contributed by atoms with Crippen LogP contribution in [0.5, 0.6) is 0 Å². The molecule has 0 aliphatic heterocycles. The zero-order valence-electron chi connectivity index (χ0n) is 14.8. The summed E-state index contributed by atoms with van der Waals surface area (Å²) in [6, 6.07) is 13.1. The predicted molar refractivity (Wildman–Crippen MR) is 109 cm³/mol. The highest BCUT2D eigenvalue weighted by atomic mass is 35.5. The van der Waals surface area contributed by atoms with E-state index in [-0.39, 0.29) is 17.3 Å². The van der Waals surface area contributed by atoms with Crippen molar-refractivity contribution in [2.24, 2.45) is 0 Å². The molecule has 0 aliphatic carbocycles. The number of amides is 1. The van der Waals surface area contributed by atoms with Gasteiger partial charge < -0.3 is 9.88 Å². The largest absolute Gasteiger partial charge is 0.325 e. The Kier molecular flexibility index (Phi) is 6.27. The van der Waals surface area contributed by atoms with Crippen molar-refractivity contribution in [3.8, 4) is 11.4 Å². The third-order valence-corrected chi connectivity index (χ3v) is 5.03. The Morgan fingerprint density at radius 1 is 1.25 bits per heavy atom. The molecule has 1 heterocycles. The molecule has 1 N–H and O–H groups in total. The van der Waals surface area contributed by atoms with Gasteiger partial charge in [0.2, 0.25) is 5.91 Å². The van der Waals surface area contributed by atoms with Gasteiger partial charge in [0.1, 0.15) is 0 Å². The monoisotopic (exact) mass is 417 g/mol. The maximum absolute atomic E-state index is 12.2. The Morgan fingerprint density at radius 3 is 2.68 bits per heavy atom. The summed E-state index contributed by atoms with van der Waals surface area (Å²) in [6.45, 7) is 2.48. The van der Waals surface area contributed by atoms with E-state index in [4.69, 9.17) is 11.6 Å². The normalized spacial score (nSPS) is 10.6. The number of nitrogens with one attached hydrogen (secondary N) is 1. The van der Waals surface area contributed by atoms with E-state index in [9.17, 15) is 14.9 Å². The highest BCUT2D eigenvalue weighted by Gasteiger charge is 2.16. The molecule has 0 saturated carbocycles. The molecule has 2 aromatic carbocycles. The molecular formula is C18H16ClN5O3S. The number of aromatic nitrogens is 3. The number of hydrogen-bond acceptors (Lipinski definition) is 6. The third kappa shape index (κ3) is 4.68. The van der Waals surface area contributed by atoms with Gasteiger partial charge in [-0.3, -0.25) is 14.9 Å². The van der Waals surface area contributed by atoms with Crippen LogP contribution in [0.4, 0.5) is 11.4 Å². The zero-order valence-corrected chi connectivity index (χ0v) is 16.4. The van der Waals surface area contributed by atoms with E-state index in [2.05, 4.69) is 15.5 Å². The molecule has 1 aromatic heterocycles. The van der Waals surface area contributed by atoms with Gasteiger partial charge in [-0.1, -0.05) is 35.5 Å². The Labute approximate surface area is 170 Å². The molecular weight excluding hydrogens is 402 g/mol. The van der Waals surface area contributed by atoms with Crippen LogP contribution in [0.15, 0.2) is 53.7 Å². The molecule has 0 atom stereocenters. The molecule has 3 aromatic rings. The van der Waals surface area contributed by atoms with Crippen LogP contribution in [-0.4, -0.2) is 31.3 Å². The van der Waals surface area contributed by atoms with E-state index in [0.717, 1.165) is 0 Å². The summed E-state index contributed by atoms with van der Waals surface area (Å²) < 4.78 is 1.82. The second-order valence-electron chi connectivity index (χ2n) is 5.70. The summed E-state index contributed by atoms with van der Waals surface area (Å²) >= 11 is 7.08. The first-order valence-electron chi connectivity index (χ1n) is 8.34. The van der Waals surface area contributed by atoms with Crippen molar-refractivity contribution in [2.45, 2.75) is 18.6 Å². The van der Waals surface area contributed by atoms with Crippen LogP contribution in [0, 0.1) is 10.1 Å². The Morgan fingerprint density at radius 2 is 2.00 bits per heavy atom. The summed E-state index contributed by atoms with van der Waals surface area (Å²) in [6.07, 6.45) is 0. The predicted octanol–water partition coefficient (Wildman–Crippen LogP) is 4.26. The SMILES string of the molecule is CCn1c(SCC(=O)Nc2ccc(Cl)cc2)nnc1-c1cccc([N+](=O)[O-])c1. The van der Waals surface area contributed by atoms with Gasteiger partial charge in [0.05, 0.1) is 10.7 Å². The van der Waals surface area contributed by atoms with Gasteiger partial charge in [0.25, 0.3) is 5.69 Å².